The van der Waals surface area contributed by atoms with Crippen molar-refractivity contribution in [3.8, 4) is 0 Å². The van der Waals surface area contributed by atoms with E-state index < -0.39 is 0 Å². The number of nitrogens with zero attached hydrogens (tertiary/aromatic N) is 2. The van der Waals surface area contributed by atoms with Gasteiger partial charge < -0.3 is 10.6 Å². The van der Waals surface area contributed by atoms with Gasteiger partial charge in [0.1, 0.15) is 0 Å². The zero-order valence-electron chi connectivity index (χ0n) is 14.0. The average molecular weight is 479 g/mol. The molecule has 1 heterocycles. The number of thiazole rings is 1. The van der Waals surface area contributed by atoms with E-state index in [1.54, 1.807) is 11.3 Å². The van der Waals surface area contributed by atoms with Crippen molar-refractivity contribution >= 4 is 52.9 Å². The first-order valence-electron chi connectivity index (χ1n) is 7.91. The fourth-order valence-electron chi connectivity index (χ4n) is 2.04. The van der Waals surface area contributed by atoms with Gasteiger partial charge in [-0.25, -0.2) is 9.98 Å². The van der Waals surface area contributed by atoms with Crippen LogP contribution in [0.2, 0.25) is 5.02 Å². The van der Waals surface area contributed by atoms with Crippen LogP contribution in [0.4, 0.5) is 0 Å². The third kappa shape index (κ3) is 7.36. The minimum atomic E-state index is 0. The van der Waals surface area contributed by atoms with Crippen molar-refractivity contribution < 1.29 is 0 Å². The molecule has 0 amide bonds. The maximum absolute atomic E-state index is 5.90. The van der Waals surface area contributed by atoms with Gasteiger partial charge in [-0.15, -0.1) is 35.3 Å². The third-order valence-electron chi connectivity index (χ3n) is 3.25. The SMILES string of the molecule is CCNC(=NCc1ccc(Cl)cc1)NCCc1csc(CC)n1.I. The van der Waals surface area contributed by atoms with Crippen molar-refractivity contribution in [2.45, 2.75) is 33.2 Å². The van der Waals surface area contributed by atoms with Crippen molar-refractivity contribution in [3.63, 3.8) is 0 Å². The van der Waals surface area contributed by atoms with E-state index in [4.69, 9.17) is 11.6 Å². The molecule has 0 saturated heterocycles. The summed E-state index contributed by atoms with van der Waals surface area (Å²) < 4.78 is 0. The molecule has 1 aromatic carbocycles. The van der Waals surface area contributed by atoms with Gasteiger partial charge in [-0.1, -0.05) is 30.7 Å². The zero-order chi connectivity index (χ0) is 16.5. The largest absolute Gasteiger partial charge is 0.357 e. The van der Waals surface area contributed by atoms with Crippen LogP contribution < -0.4 is 10.6 Å². The molecule has 0 spiro atoms. The third-order valence-corrected chi connectivity index (χ3v) is 4.55. The lowest BCUT2D eigenvalue weighted by Crippen LogP contribution is -2.38. The molecule has 0 bridgehead atoms. The van der Waals surface area contributed by atoms with Crippen molar-refractivity contribution in [1.82, 2.24) is 15.6 Å². The van der Waals surface area contributed by atoms with E-state index in [0.717, 1.165) is 48.2 Å². The van der Waals surface area contributed by atoms with Crippen LogP contribution in [0, 0.1) is 0 Å². The van der Waals surface area contributed by atoms with Crippen molar-refractivity contribution in [1.29, 1.82) is 0 Å². The smallest absolute Gasteiger partial charge is 0.191 e. The minimum absolute atomic E-state index is 0. The van der Waals surface area contributed by atoms with Gasteiger partial charge in [0.25, 0.3) is 0 Å². The van der Waals surface area contributed by atoms with Crippen LogP contribution in [0.5, 0.6) is 0 Å². The van der Waals surface area contributed by atoms with E-state index in [1.165, 1.54) is 5.01 Å². The first-order chi connectivity index (χ1) is 11.2. The summed E-state index contributed by atoms with van der Waals surface area (Å²) in [5, 5.41) is 10.7. The maximum Gasteiger partial charge on any atom is 0.191 e. The number of aryl methyl sites for hydroxylation is 1. The summed E-state index contributed by atoms with van der Waals surface area (Å²) in [5.41, 5.74) is 2.28. The van der Waals surface area contributed by atoms with Gasteiger partial charge in [-0.05, 0) is 31.0 Å². The Morgan fingerprint density at radius 3 is 2.58 bits per heavy atom. The molecule has 2 rings (SSSR count). The summed E-state index contributed by atoms with van der Waals surface area (Å²) in [6.07, 6.45) is 1.91. The summed E-state index contributed by atoms with van der Waals surface area (Å²) in [7, 11) is 0. The van der Waals surface area contributed by atoms with Crippen molar-refractivity contribution in [2.75, 3.05) is 13.1 Å². The Morgan fingerprint density at radius 2 is 1.96 bits per heavy atom. The number of aromatic nitrogens is 1. The molecule has 0 atom stereocenters. The Labute approximate surface area is 170 Å². The van der Waals surface area contributed by atoms with Crippen LogP contribution in [-0.4, -0.2) is 24.0 Å². The van der Waals surface area contributed by atoms with Gasteiger partial charge in [0.05, 0.1) is 17.2 Å². The molecule has 2 aromatic rings. The molecular formula is C17H24ClIN4S. The predicted molar refractivity (Wildman–Crippen MR) is 115 cm³/mol. The summed E-state index contributed by atoms with van der Waals surface area (Å²) in [6.45, 7) is 6.48. The number of halogens is 2. The molecule has 7 heteroatoms. The van der Waals surface area contributed by atoms with E-state index in [-0.39, 0.29) is 24.0 Å². The number of guanidine groups is 1. The zero-order valence-corrected chi connectivity index (χ0v) is 17.9. The maximum atomic E-state index is 5.90. The van der Waals surface area contributed by atoms with Crippen LogP contribution in [0.15, 0.2) is 34.6 Å². The Bertz CT molecular complexity index is 628. The molecule has 4 nitrogen and oxygen atoms in total. The Morgan fingerprint density at radius 1 is 1.21 bits per heavy atom. The molecule has 0 aliphatic rings. The Balaban J connectivity index is 0.00000288. The molecule has 0 aliphatic heterocycles. The molecule has 0 unspecified atom stereocenters. The predicted octanol–water partition coefficient (Wildman–Crippen LogP) is 4.27. The molecular weight excluding hydrogens is 455 g/mol. The second-order valence-electron chi connectivity index (χ2n) is 5.08. The second-order valence-corrected chi connectivity index (χ2v) is 6.46. The van der Waals surface area contributed by atoms with Crippen molar-refractivity contribution in [3.05, 3.63) is 50.9 Å². The van der Waals surface area contributed by atoms with Gasteiger partial charge in [0.15, 0.2) is 5.96 Å². The molecule has 0 saturated carbocycles. The highest BCUT2D eigenvalue weighted by molar-refractivity contribution is 14.0. The monoisotopic (exact) mass is 478 g/mol. The summed E-state index contributed by atoms with van der Waals surface area (Å²) in [6, 6.07) is 7.77. The summed E-state index contributed by atoms with van der Waals surface area (Å²) >= 11 is 7.63. The van der Waals surface area contributed by atoms with Crippen LogP contribution in [-0.2, 0) is 19.4 Å². The van der Waals surface area contributed by atoms with Gasteiger partial charge in [-0.3, -0.25) is 0 Å². The molecule has 24 heavy (non-hydrogen) atoms. The van der Waals surface area contributed by atoms with Gasteiger partial charge >= 0.3 is 0 Å². The van der Waals surface area contributed by atoms with Gasteiger partial charge in [-0.2, -0.15) is 0 Å². The van der Waals surface area contributed by atoms with Gasteiger partial charge in [0.2, 0.25) is 0 Å². The lowest BCUT2D eigenvalue weighted by Gasteiger charge is -2.10. The molecule has 1 aromatic heterocycles. The Kier molecular flexibility index (Phi) is 10.3. The fraction of sp³-hybridized carbons (Fsp3) is 0.412. The lowest BCUT2D eigenvalue weighted by molar-refractivity contribution is 0.789. The average Bonchev–Trinajstić information content (AvgIpc) is 3.02. The normalized spacial score (nSPS) is 11.0. The molecule has 0 radical (unpaired) electrons. The number of benzene rings is 1. The van der Waals surface area contributed by atoms with Crippen LogP contribution in [0.3, 0.4) is 0 Å². The van der Waals surface area contributed by atoms with E-state index in [9.17, 15) is 0 Å². The molecule has 0 aliphatic carbocycles. The number of hydrogen-bond donors (Lipinski definition) is 2. The number of rotatable bonds is 7. The molecule has 2 N–H and O–H groups in total. The quantitative estimate of drug-likeness (QED) is 0.355. The molecule has 0 fully saturated rings. The topological polar surface area (TPSA) is 49.3 Å². The van der Waals surface area contributed by atoms with Gasteiger partial charge in [0, 0.05) is 29.9 Å². The standard InChI is InChI=1S/C17H23ClN4S.HI/c1-3-16-22-15(12-23-16)9-10-20-17(19-4-2)21-11-13-5-7-14(18)8-6-13;/h5-8,12H,3-4,9-11H2,1-2H3,(H2,19,20,21);1H. The van der Waals surface area contributed by atoms with E-state index in [2.05, 4.69) is 39.8 Å². The number of hydrogen-bond acceptors (Lipinski definition) is 3. The first-order valence-corrected chi connectivity index (χ1v) is 9.17. The van der Waals surface area contributed by atoms with E-state index >= 15 is 0 Å². The molecule has 132 valence electrons. The Hall–Kier alpha value is -0.860. The minimum Gasteiger partial charge on any atom is -0.357 e. The fourth-order valence-corrected chi connectivity index (χ4v) is 2.94. The number of aliphatic imine (C=N–C) groups is 1. The lowest BCUT2D eigenvalue weighted by atomic mass is 10.2. The van der Waals surface area contributed by atoms with Crippen LogP contribution in [0.25, 0.3) is 0 Å². The van der Waals surface area contributed by atoms with E-state index in [1.807, 2.05) is 24.3 Å². The highest BCUT2D eigenvalue weighted by atomic mass is 127. The summed E-state index contributed by atoms with van der Waals surface area (Å²) in [5.74, 6) is 0.827. The second kappa shape index (κ2) is 11.7. The number of nitrogens with one attached hydrogen (secondary N) is 2. The van der Waals surface area contributed by atoms with Crippen LogP contribution >= 0.6 is 46.9 Å². The summed E-state index contributed by atoms with van der Waals surface area (Å²) in [4.78, 5) is 9.18. The van der Waals surface area contributed by atoms with E-state index in [0.29, 0.717) is 6.54 Å². The van der Waals surface area contributed by atoms with Crippen molar-refractivity contribution in [2.24, 2.45) is 4.99 Å². The highest BCUT2D eigenvalue weighted by Gasteiger charge is 2.02. The van der Waals surface area contributed by atoms with Crippen LogP contribution in [0.1, 0.15) is 30.1 Å². The highest BCUT2D eigenvalue weighted by Crippen LogP contribution is 2.11. The first kappa shape index (κ1) is 21.2.